The first-order valence-electron chi connectivity index (χ1n) is 9.20. The van der Waals surface area contributed by atoms with Gasteiger partial charge in [-0.2, -0.15) is 0 Å². The molecule has 5 nitrogen and oxygen atoms in total. The van der Waals surface area contributed by atoms with Crippen molar-refractivity contribution in [1.82, 2.24) is 10.2 Å². The molecule has 1 aliphatic heterocycles. The number of nitrogens with one attached hydrogen (secondary N) is 1. The largest absolute Gasteiger partial charge is 0.357 e. The fourth-order valence-electron chi connectivity index (χ4n) is 3.28. The van der Waals surface area contributed by atoms with E-state index in [0.717, 1.165) is 17.7 Å². The Labute approximate surface area is 159 Å². The van der Waals surface area contributed by atoms with Crippen molar-refractivity contribution in [2.45, 2.75) is 19.9 Å². The van der Waals surface area contributed by atoms with Gasteiger partial charge in [-0.25, -0.2) is 9.38 Å². The van der Waals surface area contributed by atoms with Gasteiger partial charge in [0.05, 0.1) is 0 Å². The number of nitrogens with zero attached hydrogens (tertiary/aromatic N) is 3. The molecule has 0 saturated carbocycles. The summed E-state index contributed by atoms with van der Waals surface area (Å²) in [5, 5.41) is 3.19. The Morgan fingerprint density at radius 2 is 2.07 bits per heavy atom. The molecular weight excluding hydrogens is 343 g/mol. The second-order valence-electron chi connectivity index (χ2n) is 6.58. The summed E-state index contributed by atoms with van der Waals surface area (Å²) in [4.78, 5) is 20.9. The van der Waals surface area contributed by atoms with Crippen LogP contribution in [0.1, 0.15) is 18.1 Å². The van der Waals surface area contributed by atoms with Crippen LogP contribution in [0.5, 0.6) is 0 Å². The van der Waals surface area contributed by atoms with Crippen LogP contribution in [-0.2, 0) is 17.8 Å². The molecule has 2 aromatic carbocycles. The molecule has 27 heavy (non-hydrogen) atoms. The zero-order valence-corrected chi connectivity index (χ0v) is 15.8. The maximum absolute atomic E-state index is 13.4. The number of anilines is 1. The molecule has 0 saturated heterocycles. The molecule has 0 fully saturated rings. The highest BCUT2D eigenvalue weighted by Gasteiger charge is 2.23. The van der Waals surface area contributed by atoms with E-state index in [2.05, 4.69) is 16.4 Å². The van der Waals surface area contributed by atoms with Crippen LogP contribution in [0.3, 0.4) is 0 Å². The van der Waals surface area contributed by atoms with Crippen LogP contribution in [0.25, 0.3) is 0 Å². The summed E-state index contributed by atoms with van der Waals surface area (Å²) in [6, 6.07) is 14.5. The predicted octanol–water partition coefficient (Wildman–Crippen LogP) is 2.81. The van der Waals surface area contributed by atoms with Crippen LogP contribution in [0.4, 0.5) is 10.1 Å². The Morgan fingerprint density at radius 3 is 2.85 bits per heavy atom. The minimum Gasteiger partial charge on any atom is -0.357 e. The molecular formula is C21H25FN4O. The van der Waals surface area contributed by atoms with Crippen LogP contribution in [0, 0.1) is 5.82 Å². The number of aliphatic imine (C=N–C) groups is 1. The minimum atomic E-state index is -0.259. The average Bonchev–Trinajstić information content (AvgIpc) is 3.09. The smallest absolute Gasteiger partial charge is 0.248 e. The van der Waals surface area contributed by atoms with Crippen molar-refractivity contribution in [3.63, 3.8) is 0 Å². The number of fused-ring (bicyclic) bond motifs is 1. The van der Waals surface area contributed by atoms with Crippen molar-refractivity contribution >= 4 is 17.6 Å². The highest BCUT2D eigenvalue weighted by molar-refractivity contribution is 5.98. The third-order valence-corrected chi connectivity index (χ3v) is 4.56. The van der Waals surface area contributed by atoms with E-state index in [1.807, 2.05) is 43.1 Å². The van der Waals surface area contributed by atoms with Crippen molar-refractivity contribution < 1.29 is 9.18 Å². The van der Waals surface area contributed by atoms with E-state index in [-0.39, 0.29) is 18.3 Å². The Morgan fingerprint density at radius 1 is 1.26 bits per heavy atom. The van der Waals surface area contributed by atoms with E-state index in [9.17, 15) is 9.18 Å². The number of hydrogen-bond acceptors (Lipinski definition) is 2. The topological polar surface area (TPSA) is 47.9 Å². The lowest BCUT2D eigenvalue weighted by Crippen LogP contribution is -2.40. The normalized spacial score (nSPS) is 13.4. The van der Waals surface area contributed by atoms with Gasteiger partial charge in [-0.3, -0.25) is 4.79 Å². The number of amides is 1. The molecule has 0 aromatic heterocycles. The van der Waals surface area contributed by atoms with Crippen LogP contribution in [0.2, 0.25) is 0 Å². The molecule has 142 valence electrons. The van der Waals surface area contributed by atoms with E-state index in [4.69, 9.17) is 0 Å². The molecule has 0 bridgehead atoms. The number of carbonyl (C=O) groups excluding carboxylic acids is 1. The lowest BCUT2D eigenvalue weighted by Gasteiger charge is -2.23. The van der Waals surface area contributed by atoms with Crippen molar-refractivity contribution in [1.29, 1.82) is 0 Å². The summed E-state index contributed by atoms with van der Waals surface area (Å²) in [6.45, 7) is 3.94. The number of guanidine groups is 1. The maximum atomic E-state index is 13.4. The zero-order chi connectivity index (χ0) is 19.2. The van der Waals surface area contributed by atoms with E-state index < -0.39 is 0 Å². The van der Waals surface area contributed by atoms with Gasteiger partial charge < -0.3 is 15.1 Å². The van der Waals surface area contributed by atoms with Gasteiger partial charge in [0, 0.05) is 32.4 Å². The van der Waals surface area contributed by atoms with Gasteiger partial charge in [0.25, 0.3) is 0 Å². The summed E-state index contributed by atoms with van der Waals surface area (Å²) >= 11 is 0. The number of benzene rings is 2. The molecule has 3 rings (SSSR count). The maximum Gasteiger partial charge on any atom is 0.248 e. The number of para-hydroxylation sites is 1. The second-order valence-corrected chi connectivity index (χ2v) is 6.58. The van der Waals surface area contributed by atoms with Crippen molar-refractivity contribution in [2.75, 3.05) is 31.6 Å². The number of hydrogen-bond donors (Lipinski definition) is 1. The van der Waals surface area contributed by atoms with Gasteiger partial charge in [-0.15, -0.1) is 0 Å². The van der Waals surface area contributed by atoms with E-state index in [1.165, 1.54) is 17.7 Å². The van der Waals surface area contributed by atoms with Gasteiger partial charge in [-0.05, 0) is 42.7 Å². The summed E-state index contributed by atoms with van der Waals surface area (Å²) in [5.74, 6) is 0.350. The molecule has 1 aliphatic rings. The number of rotatable bonds is 5. The van der Waals surface area contributed by atoms with Gasteiger partial charge in [0.15, 0.2) is 5.96 Å². The van der Waals surface area contributed by atoms with E-state index in [1.54, 1.807) is 11.0 Å². The zero-order valence-electron chi connectivity index (χ0n) is 15.8. The Bertz CT molecular complexity index is 836. The fraction of sp³-hybridized carbons (Fsp3) is 0.333. The lowest BCUT2D eigenvalue weighted by molar-refractivity contribution is -0.117. The fourth-order valence-corrected chi connectivity index (χ4v) is 3.28. The standard InChI is InChI=1S/C21H25FN4O/c1-3-23-21(25(2)15-16-7-6-9-18(22)13-16)24-14-20(27)26-12-11-17-8-4-5-10-19(17)26/h4-10,13H,3,11-12,14-15H2,1-2H3,(H,23,24). The minimum absolute atomic E-state index is 0.0190. The first kappa shape index (κ1) is 18.9. The van der Waals surface area contributed by atoms with Crippen LogP contribution in [0.15, 0.2) is 53.5 Å². The molecule has 0 unspecified atom stereocenters. The van der Waals surface area contributed by atoms with Crippen molar-refractivity contribution in [3.8, 4) is 0 Å². The molecule has 1 amide bonds. The van der Waals surface area contributed by atoms with E-state index >= 15 is 0 Å². The van der Waals surface area contributed by atoms with Crippen LogP contribution in [-0.4, -0.2) is 43.4 Å². The number of halogens is 1. The molecule has 0 atom stereocenters. The molecule has 0 spiro atoms. The summed E-state index contributed by atoms with van der Waals surface area (Å²) in [7, 11) is 1.88. The SMILES string of the molecule is CCNC(=NCC(=O)N1CCc2ccccc21)N(C)Cc1cccc(F)c1. The lowest BCUT2D eigenvalue weighted by atomic mass is 10.2. The molecule has 0 radical (unpaired) electrons. The third-order valence-electron chi connectivity index (χ3n) is 4.56. The molecule has 1 N–H and O–H groups in total. The van der Waals surface area contributed by atoms with Crippen LogP contribution < -0.4 is 10.2 Å². The highest BCUT2D eigenvalue weighted by Crippen LogP contribution is 2.27. The number of carbonyl (C=O) groups is 1. The quantitative estimate of drug-likeness (QED) is 0.652. The Kier molecular flexibility index (Phi) is 6.06. The molecule has 6 heteroatoms. The molecule has 1 heterocycles. The third kappa shape index (κ3) is 4.64. The Hall–Kier alpha value is -2.89. The van der Waals surface area contributed by atoms with Crippen molar-refractivity contribution in [3.05, 3.63) is 65.5 Å². The van der Waals surface area contributed by atoms with E-state index in [0.29, 0.717) is 25.6 Å². The Balaban J connectivity index is 1.67. The van der Waals surface area contributed by atoms with Gasteiger partial charge >= 0.3 is 0 Å². The van der Waals surface area contributed by atoms with Crippen LogP contribution >= 0.6 is 0 Å². The summed E-state index contributed by atoms with van der Waals surface area (Å²) < 4.78 is 13.4. The average molecular weight is 368 g/mol. The summed E-state index contributed by atoms with van der Waals surface area (Å²) in [5.41, 5.74) is 3.03. The first-order valence-corrected chi connectivity index (χ1v) is 9.20. The van der Waals surface area contributed by atoms with Gasteiger partial charge in [-0.1, -0.05) is 30.3 Å². The van der Waals surface area contributed by atoms with Gasteiger partial charge in [0.1, 0.15) is 12.4 Å². The first-order chi connectivity index (χ1) is 13.1. The van der Waals surface area contributed by atoms with Crippen molar-refractivity contribution in [2.24, 2.45) is 4.99 Å². The highest BCUT2D eigenvalue weighted by atomic mass is 19.1. The second kappa shape index (κ2) is 8.66. The summed E-state index contributed by atoms with van der Waals surface area (Å²) in [6.07, 6.45) is 0.880. The molecule has 2 aromatic rings. The monoisotopic (exact) mass is 368 g/mol. The predicted molar refractivity (Wildman–Crippen MR) is 106 cm³/mol. The van der Waals surface area contributed by atoms with Gasteiger partial charge in [0.2, 0.25) is 5.91 Å². The molecule has 0 aliphatic carbocycles.